The van der Waals surface area contributed by atoms with Gasteiger partial charge in [0.05, 0.1) is 12.2 Å². The van der Waals surface area contributed by atoms with Crippen LogP contribution in [0.5, 0.6) is 0 Å². The van der Waals surface area contributed by atoms with Crippen molar-refractivity contribution in [1.82, 2.24) is 25.3 Å². The number of nitrogens with zero attached hydrogens (tertiary/aromatic N) is 4. The number of rotatable bonds is 8. The van der Waals surface area contributed by atoms with Crippen LogP contribution < -0.4 is 10.6 Å². The Morgan fingerprint density at radius 3 is 2.56 bits per heavy atom. The van der Waals surface area contributed by atoms with Crippen LogP contribution in [0.4, 0.5) is 0 Å². The van der Waals surface area contributed by atoms with Crippen molar-refractivity contribution in [1.29, 1.82) is 0 Å². The Hall–Kier alpha value is -0.830. The van der Waals surface area contributed by atoms with E-state index in [1.54, 1.807) is 0 Å². The molecule has 1 unspecified atom stereocenters. The van der Waals surface area contributed by atoms with E-state index in [2.05, 4.69) is 41.4 Å². The summed E-state index contributed by atoms with van der Waals surface area (Å²) in [6.45, 7) is 11.7. The average molecular weight is 462 g/mol. The van der Waals surface area contributed by atoms with Gasteiger partial charge in [-0.2, -0.15) is 5.10 Å². The molecule has 0 aromatic carbocycles. The third kappa shape index (κ3) is 7.52. The third-order valence-electron chi connectivity index (χ3n) is 4.57. The molecule has 1 aromatic rings. The summed E-state index contributed by atoms with van der Waals surface area (Å²) in [5.41, 5.74) is 1.12. The van der Waals surface area contributed by atoms with Gasteiger partial charge in [0.25, 0.3) is 0 Å². The van der Waals surface area contributed by atoms with Crippen LogP contribution in [0.2, 0.25) is 0 Å². The van der Waals surface area contributed by atoms with Crippen molar-refractivity contribution in [2.24, 2.45) is 18.0 Å². The van der Waals surface area contributed by atoms with Crippen LogP contribution in [0.3, 0.4) is 0 Å². The van der Waals surface area contributed by atoms with Crippen molar-refractivity contribution >= 4 is 29.9 Å². The van der Waals surface area contributed by atoms with E-state index in [1.165, 1.54) is 32.4 Å². The lowest BCUT2D eigenvalue weighted by Crippen LogP contribution is -2.47. The van der Waals surface area contributed by atoms with Gasteiger partial charge in [0.1, 0.15) is 0 Å². The molecule has 1 saturated heterocycles. The van der Waals surface area contributed by atoms with Crippen LogP contribution in [0.1, 0.15) is 45.7 Å². The van der Waals surface area contributed by atoms with Gasteiger partial charge in [-0.1, -0.05) is 13.8 Å². The summed E-state index contributed by atoms with van der Waals surface area (Å²) in [6, 6.07) is 2.60. The number of nitrogens with one attached hydrogen (secondary N) is 2. The number of hydrogen-bond donors (Lipinski definition) is 2. The highest BCUT2D eigenvalue weighted by Crippen LogP contribution is 2.17. The molecule has 0 spiro atoms. The summed E-state index contributed by atoms with van der Waals surface area (Å²) < 4.78 is 1.87. The highest BCUT2D eigenvalue weighted by molar-refractivity contribution is 14.0. The van der Waals surface area contributed by atoms with E-state index in [0.29, 0.717) is 18.5 Å². The minimum atomic E-state index is 0. The molecular weight excluding hydrogens is 427 g/mol. The Bertz CT molecular complexity index is 507. The molecule has 2 rings (SSSR count). The van der Waals surface area contributed by atoms with Crippen molar-refractivity contribution in [3.05, 3.63) is 18.0 Å². The number of guanidine groups is 1. The average Bonchev–Trinajstić information content (AvgIpc) is 3.20. The minimum Gasteiger partial charge on any atom is -0.357 e. The molecule has 7 heteroatoms. The van der Waals surface area contributed by atoms with Gasteiger partial charge in [-0.3, -0.25) is 9.58 Å². The lowest BCUT2D eigenvalue weighted by molar-refractivity contribution is 0.213. The van der Waals surface area contributed by atoms with Crippen LogP contribution in [-0.4, -0.2) is 52.9 Å². The van der Waals surface area contributed by atoms with E-state index in [1.807, 2.05) is 24.0 Å². The molecule has 0 saturated carbocycles. The van der Waals surface area contributed by atoms with Crippen LogP contribution in [0.25, 0.3) is 0 Å². The highest BCUT2D eigenvalue weighted by Gasteiger charge is 2.22. The normalized spacial score (nSPS) is 16.8. The zero-order valence-corrected chi connectivity index (χ0v) is 18.5. The second kappa shape index (κ2) is 11.7. The fourth-order valence-corrected chi connectivity index (χ4v) is 3.29. The van der Waals surface area contributed by atoms with Crippen molar-refractivity contribution in [2.75, 3.05) is 26.2 Å². The minimum absolute atomic E-state index is 0. The lowest BCUT2D eigenvalue weighted by Gasteiger charge is -2.29. The predicted molar refractivity (Wildman–Crippen MR) is 115 cm³/mol. The molecule has 2 heterocycles. The van der Waals surface area contributed by atoms with Crippen LogP contribution in [-0.2, 0) is 13.6 Å². The van der Waals surface area contributed by atoms with Gasteiger partial charge >= 0.3 is 0 Å². The Morgan fingerprint density at radius 1 is 1.28 bits per heavy atom. The lowest BCUT2D eigenvalue weighted by atomic mass is 10.0. The largest absolute Gasteiger partial charge is 0.357 e. The number of aromatic nitrogens is 2. The second-order valence-electron chi connectivity index (χ2n) is 7.05. The number of halogens is 1. The maximum atomic E-state index is 4.71. The van der Waals surface area contributed by atoms with Crippen molar-refractivity contribution in [2.45, 2.75) is 52.6 Å². The van der Waals surface area contributed by atoms with Gasteiger partial charge in [-0.15, -0.1) is 24.0 Å². The van der Waals surface area contributed by atoms with Crippen molar-refractivity contribution in [3.63, 3.8) is 0 Å². The molecule has 1 atom stereocenters. The summed E-state index contributed by atoms with van der Waals surface area (Å²) in [7, 11) is 1.96. The van der Waals surface area contributed by atoms with E-state index in [0.717, 1.165) is 24.7 Å². The standard InChI is InChI=1S/C18H34N6.HI/c1-5-19-18(20-13-16-8-9-22-23(16)4)21-14-17(12-15(2)3)24-10-6-7-11-24;/h8-9,15,17H,5-7,10-14H2,1-4H3,(H2,19,20,21);1H. The molecule has 0 aliphatic carbocycles. The van der Waals surface area contributed by atoms with Crippen LogP contribution in [0.15, 0.2) is 17.3 Å². The zero-order chi connectivity index (χ0) is 17.4. The summed E-state index contributed by atoms with van der Waals surface area (Å²) >= 11 is 0. The molecular formula is C18H35IN6. The van der Waals surface area contributed by atoms with Crippen LogP contribution >= 0.6 is 24.0 Å². The second-order valence-corrected chi connectivity index (χ2v) is 7.05. The van der Waals surface area contributed by atoms with Gasteiger partial charge in [0.2, 0.25) is 0 Å². The molecule has 144 valence electrons. The zero-order valence-electron chi connectivity index (χ0n) is 16.2. The Balaban J connectivity index is 0.00000312. The summed E-state index contributed by atoms with van der Waals surface area (Å²) in [5, 5.41) is 11.1. The van der Waals surface area contributed by atoms with E-state index in [9.17, 15) is 0 Å². The molecule has 25 heavy (non-hydrogen) atoms. The van der Waals surface area contributed by atoms with Crippen molar-refractivity contribution in [3.8, 4) is 0 Å². The molecule has 1 aromatic heterocycles. The van der Waals surface area contributed by atoms with Gasteiger partial charge in [-0.25, -0.2) is 4.99 Å². The van der Waals surface area contributed by atoms with Gasteiger partial charge < -0.3 is 10.6 Å². The number of hydrogen-bond acceptors (Lipinski definition) is 3. The SMILES string of the molecule is CCNC(=NCc1ccnn1C)NCC(CC(C)C)N1CCCC1.I. The monoisotopic (exact) mass is 462 g/mol. The summed E-state index contributed by atoms with van der Waals surface area (Å²) in [5.74, 6) is 1.61. The fourth-order valence-electron chi connectivity index (χ4n) is 3.29. The smallest absolute Gasteiger partial charge is 0.191 e. The predicted octanol–water partition coefficient (Wildman–Crippen LogP) is 2.60. The molecule has 2 N–H and O–H groups in total. The Morgan fingerprint density at radius 2 is 2.00 bits per heavy atom. The molecule has 0 radical (unpaired) electrons. The number of aliphatic imine (C=N–C) groups is 1. The maximum absolute atomic E-state index is 4.71. The van der Waals surface area contributed by atoms with Gasteiger partial charge in [0, 0.05) is 32.4 Å². The molecule has 1 aliphatic rings. The van der Waals surface area contributed by atoms with Gasteiger partial charge in [-0.05, 0) is 51.3 Å². The van der Waals surface area contributed by atoms with E-state index >= 15 is 0 Å². The first kappa shape index (κ1) is 22.2. The Labute approximate surface area is 169 Å². The first-order valence-electron chi connectivity index (χ1n) is 9.33. The molecule has 1 aliphatic heterocycles. The first-order chi connectivity index (χ1) is 11.6. The fraction of sp³-hybridized carbons (Fsp3) is 0.778. The van der Waals surface area contributed by atoms with E-state index in [-0.39, 0.29) is 24.0 Å². The summed E-state index contributed by atoms with van der Waals surface area (Å²) in [4.78, 5) is 7.35. The number of likely N-dealkylation sites (tertiary alicyclic amines) is 1. The first-order valence-corrected chi connectivity index (χ1v) is 9.33. The Kier molecular flexibility index (Phi) is 10.4. The quantitative estimate of drug-likeness (QED) is 0.354. The maximum Gasteiger partial charge on any atom is 0.191 e. The van der Waals surface area contributed by atoms with E-state index in [4.69, 9.17) is 4.99 Å². The van der Waals surface area contributed by atoms with Gasteiger partial charge in [0.15, 0.2) is 5.96 Å². The molecule has 1 fully saturated rings. The van der Waals surface area contributed by atoms with Crippen molar-refractivity contribution < 1.29 is 0 Å². The van der Waals surface area contributed by atoms with Crippen LogP contribution in [0, 0.1) is 5.92 Å². The topological polar surface area (TPSA) is 57.5 Å². The summed E-state index contributed by atoms with van der Waals surface area (Å²) in [6.07, 6.45) is 5.72. The highest BCUT2D eigenvalue weighted by atomic mass is 127. The van der Waals surface area contributed by atoms with E-state index < -0.39 is 0 Å². The third-order valence-corrected chi connectivity index (χ3v) is 4.57. The molecule has 0 amide bonds. The molecule has 6 nitrogen and oxygen atoms in total. The number of aryl methyl sites for hydroxylation is 1. The molecule has 0 bridgehead atoms.